The largest absolute Gasteiger partial charge is 0.459 e. The summed E-state index contributed by atoms with van der Waals surface area (Å²) in [4.78, 5) is 23.5. The minimum absolute atomic E-state index is 0.188. The van der Waals surface area contributed by atoms with Crippen molar-refractivity contribution in [2.45, 2.75) is 59.2 Å². The van der Waals surface area contributed by atoms with E-state index in [1.165, 1.54) is 0 Å². The topological polar surface area (TPSA) is 64.6 Å². The van der Waals surface area contributed by atoms with E-state index in [2.05, 4.69) is 5.32 Å². The molecule has 0 aliphatic heterocycles. The summed E-state index contributed by atoms with van der Waals surface area (Å²) in [5.41, 5.74) is 0.659. The van der Waals surface area contributed by atoms with E-state index in [-0.39, 0.29) is 18.5 Å². The third kappa shape index (κ3) is 8.67. The van der Waals surface area contributed by atoms with Crippen LogP contribution in [0.5, 0.6) is 0 Å². The second-order valence-corrected chi connectivity index (χ2v) is 7.71. The lowest BCUT2D eigenvalue weighted by molar-refractivity contribution is -0.153. The zero-order valence-electron chi connectivity index (χ0n) is 15.6. The highest BCUT2D eigenvalue weighted by Gasteiger charge is 2.18. The molecule has 1 aromatic rings. The van der Waals surface area contributed by atoms with Gasteiger partial charge in [-0.05, 0) is 72.2 Å². The zero-order valence-corrected chi connectivity index (χ0v) is 15.6. The fraction of sp³-hybridized carbons (Fsp3) is 0.579. The van der Waals surface area contributed by atoms with Gasteiger partial charge in [-0.3, -0.25) is 4.79 Å². The highest BCUT2D eigenvalue weighted by atomic mass is 16.6. The molecule has 0 atom stereocenters. The minimum atomic E-state index is -0.499. The predicted octanol–water partition coefficient (Wildman–Crippen LogP) is 3.12. The van der Waals surface area contributed by atoms with Gasteiger partial charge in [-0.25, -0.2) is 4.79 Å². The summed E-state index contributed by atoms with van der Waals surface area (Å²) < 4.78 is 10.5. The normalized spacial score (nSPS) is 11.9. The van der Waals surface area contributed by atoms with Crippen molar-refractivity contribution in [1.29, 1.82) is 0 Å². The highest BCUT2D eigenvalue weighted by Crippen LogP contribution is 2.13. The summed E-state index contributed by atoms with van der Waals surface area (Å²) in [6.07, 6.45) is 0.761. The Hall–Kier alpha value is -1.88. The molecule has 0 bridgehead atoms. The molecule has 24 heavy (non-hydrogen) atoms. The molecule has 5 nitrogen and oxygen atoms in total. The molecule has 0 spiro atoms. The lowest BCUT2D eigenvalue weighted by Gasteiger charge is -2.19. The van der Waals surface area contributed by atoms with E-state index in [1.807, 2.05) is 53.7 Å². The van der Waals surface area contributed by atoms with Crippen LogP contribution in [-0.2, 0) is 20.7 Å². The molecule has 134 valence electrons. The second kappa shape index (κ2) is 8.29. The lowest BCUT2D eigenvalue weighted by Crippen LogP contribution is -2.32. The summed E-state index contributed by atoms with van der Waals surface area (Å²) in [5.74, 6) is -0.583. The Morgan fingerprint density at radius 2 is 1.46 bits per heavy atom. The highest BCUT2D eigenvalue weighted by molar-refractivity contribution is 5.89. The minimum Gasteiger partial charge on any atom is -0.459 e. The van der Waals surface area contributed by atoms with Gasteiger partial charge in [0.1, 0.15) is 11.2 Å². The monoisotopic (exact) mass is 335 g/mol. The van der Waals surface area contributed by atoms with Gasteiger partial charge in [-0.1, -0.05) is 12.1 Å². The average Bonchev–Trinajstić information content (AvgIpc) is 2.40. The van der Waals surface area contributed by atoms with E-state index in [1.54, 1.807) is 12.1 Å². The molecule has 0 aliphatic rings. The Labute approximate surface area is 144 Å². The van der Waals surface area contributed by atoms with Crippen LogP contribution in [0, 0.1) is 0 Å². The molecule has 0 saturated carbocycles. The quantitative estimate of drug-likeness (QED) is 0.639. The van der Waals surface area contributed by atoms with Crippen LogP contribution in [0.3, 0.4) is 0 Å². The van der Waals surface area contributed by atoms with Crippen molar-refractivity contribution in [3.05, 3.63) is 35.4 Å². The van der Waals surface area contributed by atoms with Crippen molar-refractivity contribution in [1.82, 2.24) is 5.32 Å². The van der Waals surface area contributed by atoms with E-state index < -0.39 is 11.2 Å². The summed E-state index contributed by atoms with van der Waals surface area (Å²) in [5, 5.41) is 3.06. The molecule has 0 saturated heterocycles. The molecule has 0 radical (unpaired) electrons. The summed E-state index contributed by atoms with van der Waals surface area (Å²) in [6.45, 7) is 11.9. The molecule has 5 heteroatoms. The number of benzene rings is 1. The van der Waals surface area contributed by atoms with E-state index >= 15 is 0 Å². The number of carbonyl (C=O) groups excluding carboxylic acids is 2. The van der Waals surface area contributed by atoms with E-state index in [0.717, 1.165) is 12.0 Å². The molecule has 1 aromatic carbocycles. The van der Waals surface area contributed by atoms with Crippen molar-refractivity contribution in [3.8, 4) is 0 Å². The van der Waals surface area contributed by atoms with E-state index in [0.29, 0.717) is 12.1 Å². The fourth-order valence-electron chi connectivity index (χ4n) is 1.95. The molecule has 0 unspecified atom stereocenters. The van der Waals surface area contributed by atoms with Crippen molar-refractivity contribution >= 4 is 11.9 Å². The van der Waals surface area contributed by atoms with Crippen LogP contribution in [0.25, 0.3) is 0 Å². The molecule has 0 heterocycles. The Kier molecular flexibility index (Phi) is 6.96. The first-order valence-corrected chi connectivity index (χ1v) is 8.21. The van der Waals surface area contributed by atoms with Gasteiger partial charge in [-0.15, -0.1) is 0 Å². The fourth-order valence-corrected chi connectivity index (χ4v) is 1.95. The van der Waals surface area contributed by atoms with Crippen LogP contribution >= 0.6 is 0 Å². The number of rotatable bonds is 6. The number of nitrogens with one attached hydrogen (secondary N) is 1. The number of hydrogen-bond acceptors (Lipinski definition) is 5. The van der Waals surface area contributed by atoms with Crippen LogP contribution < -0.4 is 5.32 Å². The molecule has 1 rings (SSSR count). The molecular formula is C19H29NO4. The van der Waals surface area contributed by atoms with Gasteiger partial charge < -0.3 is 14.8 Å². The van der Waals surface area contributed by atoms with Crippen molar-refractivity contribution in [3.63, 3.8) is 0 Å². The first-order chi connectivity index (χ1) is 11.0. The Balaban J connectivity index is 2.37. The van der Waals surface area contributed by atoms with Gasteiger partial charge in [0.2, 0.25) is 0 Å². The van der Waals surface area contributed by atoms with E-state index in [4.69, 9.17) is 9.47 Å². The van der Waals surface area contributed by atoms with Crippen LogP contribution in [-0.4, -0.2) is 36.2 Å². The van der Waals surface area contributed by atoms with Gasteiger partial charge in [0, 0.05) is 0 Å². The zero-order chi connectivity index (χ0) is 18.4. The van der Waals surface area contributed by atoms with Crippen molar-refractivity contribution in [2.24, 2.45) is 0 Å². The van der Waals surface area contributed by atoms with Crippen molar-refractivity contribution in [2.75, 3.05) is 13.1 Å². The average molecular weight is 335 g/mol. The van der Waals surface area contributed by atoms with Gasteiger partial charge in [-0.2, -0.15) is 0 Å². The molecule has 0 aliphatic carbocycles. The van der Waals surface area contributed by atoms with Gasteiger partial charge >= 0.3 is 11.9 Å². The number of hydrogen-bond donors (Lipinski definition) is 1. The third-order valence-electron chi connectivity index (χ3n) is 2.87. The van der Waals surface area contributed by atoms with Crippen LogP contribution in [0.15, 0.2) is 24.3 Å². The molecular weight excluding hydrogens is 306 g/mol. The van der Waals surface area contributed by atoms with Crippen molar-refractivity contribution < 1.29 is 19.1 Å². The summed E-state index contributed by atoms with van der Waals surface area (Å²) >= 11 is 0. The summed E-state index contributed by atoms with van der Waals surface area (Å²) in [6, 6.07) is 7.32. The lowest BCUT2D eigenvalue weighted by atomic mass is 10.1. The smallest absolute Gasteiger partial charge is 0.338 e. The van der Waals surface area contributed by atoms with Crippen LogP contribution in [0.1, 0.15) is 57.5 Å². The van der Waals surface area contributed by atoms with Gasteiger partial charge in [0.25, 0.3) is 0 Å². The number of ether oxygens (including phenoxy) is 2. The Bertz CT molecular complexity index is 550. The summed E-state index contributed by atoms with van der Waals surface area (Å²) in [7, 11) is 0. The first kappa shape index (κ1) is 20.2. The maximum absolute atomic E-state index is 11.9. The number of esters is 2. The van der Waals surface area contributed by atoms with Crippen LogP contribution in [0.2, 0.25) is 0 Å². The van der Waals surface area contributed by atoms with Crippen LogP contribution in [0.4, 0.5) is 0 Å². The predicted molar refractivity (Wildman–Crippen MR) is 94.0 cm³/mol. The SMILES string of the molecule is CC(C)(C)OC(=O)CNCCc1ccc(C(=O)OC(C)(C)C)cc1. The standard InChI is InChI=1S/C19H29NO4/c1-18(2,3)23-16(21)13-20-12-11-14-7-9-15(10-8-14)17(22)24-19(4,5)6/h7-10,20H,11-13H2,1-6H3. The Morgan fingerprint density at radius 1 is 0.917 bits per heavy atom. The molecule has 1 N–H and O–H groups in total. The maximum Gasteiger partial charge on any atom is 0.338 e. The number of carbonyl (C=O) groups is 2. The Morgan fingerprint density at radius 3 is 1.96 bits per heavy atom. The first-order valence-electron chi connectivity index (χ1n) is 8.21. The molecule has 0 amide bonds. The molecule has 0 aromatic heterocycles. The van der Waals surface area contributed by atoms with Gasteiger partial charge in [0.15, 0.2) is 0 Å². The third-order valence-corrected chi connectivity index (χ3v) is 2.87. The second-order valence-electron chi connectivity index (χ2n) is 7.71. The molecule has 0 fully saturated rings. The van der Waals surface area contributed by atoms with E-state index in [9.17, 15) is 9.59 Å². The maximum atomic E-state index is 11.9. The van der Waals surface area contributed by atoms with Gasteiger partial charge in [0.05, 0.1) is 12.1 Å².